The average Bonchev–Trinajstić information content (AvgIpc) is 3.15. The maximum atomic E-state index is 11.0. The van der Waals surface area contributed by atoms with Gasteiger partial charge >= 0.3 is 0 Å². The molecule has 25 heavy (non-hydrogen) atoms. The van der Waals surface area contributed by atoms with Gasteiger partial charge in [0.05, 0.1) is 22.2 Å². The molecule has 2 unspecified atom stereocenters. The normalized spacial score (nSPS) is 18.2. The van der Waals surface area contributed by atoms with E-state index in [1.54, 1.807) is 11.3 Å². The maximum absolute atomic E-state index is 11.0. The van der Waals surface area contributed by atoms with Crippen LogP contribution in [0.5, 0.6) is 0 Å². The highest BCUT2D eigenvalue weighted by atomic mass is 35.5. The number of thiophene rings is 1. The van der Waals surface area contributed by atoms with Gasteiger partial charge < -0.3 is 10.4 Å². The second-order valence-corrected chi connectivity index (χ2v) is 7.04. The van der Waals surface area contributed by atoms with Crippen LogP contribution in [0.4, 0.5) is 0 Å². The molecule has 6 heteroatoms. The number of hydrogen-bond acceptors (Lipinski definition) is 4. The van der Waals surface area contributed by atoms with Crippen LogP contribution in [0.2, 0.25) is 0 Å². The molecule has 0 radical (unpaired) electrons. The molecule has 1 aliphatic rings. The highest BCUT2D eigenvalue weighted by Crippen LogP contribution is 2.33. The van der Waals surface area contributed by atoms with E-state index in [1.165, 1.54) is 12.8 Å². The van der Waals surface area contributed by atoms with Gasteiger partial charge in [-0.25, -0.2) is 4.98 Å². The number of rotatable bonds is 3. The number of pyridine rings is 1. The molecular formula is C19H22Cl2N2OS. The minimum absolute atomic E-state index is 0. The van der Waals surface area contributed by atoms with Crippen LogP contribution in [0.3, 0.4) is 0 Å². The summed E-state index contributed by atoms with van der Waals surface area (Å²) in [5.41, 5.74) is 2.88. The Morgan fingerprint density at radius 1 is 1.12 bits per heavy atom. The summed E-state index contributed by atoms with van der Waals surface area (Å²) in [5, 5.41) is 17.6. The molecule has 0 saturated carbocycles. The van der Waals surface area contributed by atoms with Crippen molar-refractivity contribution in [1.29, 1.82) is 0 Å². The topological polar surface area (TPSA) is 45.2 Å². The Hall–Kier alpha value is -1.17. The number of benzene rings is 1. The Kier molecular flexibility index (Phi) is 7.23. The smallest absolute Gasteiger partial charge is 0.0950 e. The van der Waals surface area contributed by atoms with Crippen LogP contribution in [-0.4, -0.2) is 22.7 Å². The number of fused-ring (bicyclic) bond motifs is 1. The Morgan fingerprint density at radius 3 is 2.68 bits per heavy atom. The van der Waals surface area contributed by atoms with E-state index < -0.39 is 6.10 Å². The minimum Gasteiger partial charge on any atom is -0.387 e. The summed E-state index contributed by atoms with van der Waals surface area (Å²) in [6, 6.07) is 14.4. The molecule has 2 aromatic heterocycles. The highest BCUT2D eigenvalue weighted by molar-refractivity contribution is 7.13. The third-order valence-electron chi connectivity index (χ3n) is 4.57. The highest BCUT2D eigenvalue weighted by Gasteiger charge is 2.25. The molecule has 1 fully saturated rings. The SMILES string of the molecule is Cl.Cl.OC(c1cc(-c2cccs2)nc2ccccc12)C1CCCCN1. The van der Waals surface area contributed by atoms with E-state index in [0.29, 0.717) is 0 Å². The number of piperidine rings is 1. The number of aliphatic hydroxyl groups is 1. The van der Waals surface area contributed by atoms with Gasteiger partial charge in [0.1, 0.15) is 0 Å². The van der Waals surface area contributed by atoms with Crippen LogP contribution in [0.25, 0.3) is 21.5 Å². The second-order valence-electron chi connectivity index (χ2n) is 6.09. The molecule has 1 aromatic carbocycles. The zero-order valence-electron chi connectivity index (χ0n) is 13.7. The number of halogens is 2. The second kappa shape index (κ2) is 8.97. The van der Waals surface area contributed by atoms with E-state index in [1.807, 2.05) is 24.3 Å². The average molecular weight is 397 g/mol. The van der Waals surface area contributed by atoms with E-state index in [-0.39, 0.29) is 30.9 Å². The van der Waals surface area contributed by atoms with Crippen molar-refractivity contribution in [2.45, 2.75) is 31.4 Å². The molecule has 0 amide bonds. The lowest BCUT2D eigenvalue weighted by Crippen LogP contribution is -2.38. The quantitative estimate of drug-likeness (QED) is 0.655. The van der Waals surface area contributed by atoms with Gasteiger partial charge in [0.25, 0.3) is 0 Å². The van der Waals surface area contributed by atoms with E-state index in [9.17, 15) is 5.11 Å². The van der Waals surface area contributed by atoms with Crippen LogP contribution in [-0.2, 0) is 0 Å². The largest absolute Gasteiger partial charge is 0.387 e. The van der Waals surface area contributed by atoms with Crippen LogP contribution >= 0.6 is 36.2 Å². The predicted molar refractivity (Wildman–Crippen MR) is 110 cm³/mol. The molecule has 1 saturated heterocycles. The summed E-state index contributed by atoms with van der Waals surface area (Å²) >= 11 is 1.68. The van der Waals surface area contributed by atoms with Gasteiger partial charge in [0.2, 0.25) is 0 Å². The molecule has 0 spiro atoms. The Labute approximate surface area is 164 Å². The van der Waals surface area contributed by atoms with Crippen molar-refractivity contribution in [2.24, 2.45) is 0 Å². The number of aliphatic hydroxyl groups excluding tert-OH is 1. The number of nitrogens with zero attached hydrogens (tertiary/aromatic N) is 1. The summed E-state index contributed by atoms with van der Waals surface area (Å²) < 4.78 is 0. The monoisotopic (exact) mass is 396 g/mol. The zero-order valence-corrected chi connectivity index (χ0v) is 16.2. The molecule has 3 heterocycles. The molecule has 3 nitrogen and oxygen atoms in total. The third-order valence-corrected chi connectivity index (χ3v) is 5.46. The minimum atomic E-state index is -0.498. The van der Waals surface area contributed by atoms with Crippen LogP contribution in [0, 0.1) is 0 Å². The molecule has 0 aliphatic carbocycles. The lowest BCUT2D eigenvalue weighted by atomic mass is 9.92. The Balaban J connectivity index is 0.00000113. The van der Waals surface area contributed by atoms with Crippen LogP contribution in [0.1, 0.15) is 30.9 Å². The van der Waals surface area contributed by atoms with Gasteiger partial charge in [-0.1, -0.05) is 30.7 Å². The molecule has 0 bridgehead atoms. The Bertz CT molecular complexity index is 804. The number of nitrogens with one attached hydrogen (secondary N) is 1. The molecule has 2 N–H and O–H groups in total. The van der Waals surface area contributed by atoms with E-state index in [0.717, 1.165) is 40.0 Å². The molecule has 2 atom stereocenters. The summed E-state index contributed by atoms with van der Waals surface area (Å²) in [5.74, 6) is 0. The third kappa shape index (κ3) is 4.15. The van der Waals surface area contributed by atoms with E-state index in [2.05, 4.69) is 28.9 Å². The van der Waals surface area contributed by atoms with Crippen molar-refractivity contribution in [3.8, 4) is 10.6 Å². The van der Waals surface area contributed by atoms with Crippen molar-refractivity contribution in [2.75, 3.05) is 6.54 Å². The first-order valence-corrected chi connectivity index (χ1v) is 9.06. The lowest BCUT2D eigenvalue weighted by Gasteiger charge is -2.29. The number of aromatic nitrogens is 1. The first-order chi connectivity index (χ1) is 11.3. The van der Waals surface area contributed by atoms with Gasteiger partial charge in [-0.05, 0) is 48.5 Å². The zero-order chi connectivity index (χ0) is 15.6. The fraction of sp³-hybridized carbons (Fsp3) is 0.316. The summed E-state index contributed by atoms with van der Waals surface area (Å²) in [6.07, 6.45) is 2.89. The van der Waals surface area contributed by atoms with Crippen LogP contribution in [0.15, 0.2) is 47.8 Å². The lowest BCUT2D eigenvalue weighted by molar-refractivity contribution is 0.115. The van der Waals surface area contributed by atoms with E-state index in [4.69, 9.17) is 4.98 Å². The van der Waals surface area contributed by atoms with E-state index >= 15 is 0 Å². The van der Waals surface area contributed by atoms with Crippen LogP contribution < -0.4 is 5.32 Å². The van der Waals surface area contributed by atoms with Crippen molar-refractivity contribution < 1.29 is 5.11 Å². The van der Waals surface area contributed by atoms with Crippen molar-refractivity contribution in [3.05, 3.63) is 53.4 Å². The summed E-state index contributed by atoms with van der Waals surface area (Å²) in [7, 11) is 0. The molecule has 1 aliphatic heterocycles. The Morgan fingerprint density at radius 2 is 1.96 bits per heavy atom. The van der Waals surface area contributed by atoms with Gasteiger partial charge in [-0.15, -0.1) is 36.2 Å². The number of hydrogen-bond donors (Lipinski definition) is 2. The van der Waals surface area contributed by atoms with Crippen molar-refractivity contribution >= 4 is 47.1 Å². The fourth-order valence-corrected chi connectivity index (χ4v) is 4.05. The van der Waals surface area contributed by atoms with Crippen molar-refractivity contribution in [3.63, 3.8) is 0 Å². The van der Waals surface area contributed by atoms with Gasteiger partial charge in [-0.2, -0.15) is 0 Å². The van der Waals surface area contributed by atoms with Crippen molar-refractivity contribution in [1.82, 2.24) is 10.3 Å². The van der Waals surface area contributed by atoms with Gasteiger partial charge in [0.15, 0.2) is 0 Å². The maximum Gasteiger partial charge on any atom is 0.0950 e. The standard InChI is InChI=1S/C19H20N2OS.2ClH/c22-19(16-8-3-4-10-20-16)14-12-17(18-9-5-11-23-18)21-15-7-2-1-6-13(14)15;;/h1-2,5-7,9,11-12,16,19-20,22H,3-4,8,10H2;2*1H. The van der Waals surface area contributed by atoms with Gasteiger partial charge in [0, 0.05) is 11.4 Å². The first kappa shape index (κ1) is 20.1. The summed E-state index contributed by atoms with van der Waals surface area (Å²) in [4.78, 5) is 5.92. The van der Waals surface area contributed by atoms with Gasteiger partial charge in [-0.3, -0.25) is 0 Å². The first-order valence-electron chi connectivity index (χ1n) is 8.18. The summed E-state index contributed by atoms with van der Waals surface area (Å²) in [6.45, 7) is 0.989. The predicted octanol–water partition coefficient (Wildman–Crippen LogP) is 4.98. The molecule has 134 valence electrons. The molecule has 4 rings (SSSR count). The number of para-hydroxylation sites is 1. The molecule has 3 aromatic rings. The molecular weight excluding hydrogens is 375 g/mol. The fourth-order valence-electron chi connectivity index (χ4n) is 3.36.